The number of aryl methyl sites for hydroxylation is 1. The van der Waals surface area contributed by atoms with E-state index in [2.05, 4.69) is 5.32 Å². The van der Waals surface area contributed by atoms with E-state index in [4.69, 9.17) is 0 Å². The first-order valence-electron chi connectivity index (χ1n) is 10.1. The van der Waals surface area contributed by atoms with Gasteiger partial charge in [-0.25, -0.2) is 0 Å². The Balaban J connectivity index is 1.69. The van der Waals surface area contributed by atoms with Gasteiger partial charge >= 0.3 is 0 Å². The van der Waals surface area contributed by atoms with Gasteiger partial charge in [-0.1, -0.05) is 23.8 Å². The lowest BCUT2D eigenvalue weighted by molar-refractivity contribution is -0.136. The molecule has 33 heavy (non-hydrogen) atoms. The summed E-state index contributed by atoms with van der Waals surface area (Å²) in [6.07, 6.45) is 0.0737. The highest BCUT2D eigenvalue weighted by Gasteiger charge is 2.45. The fourth-order valence-electron chi connectivity index (χ4n) is 4.06. The van der Waals surface area contributed by atoms with E-state index >= 15 is 0 Å². The minimum atomic E-state index is -4.47. The number of carbonyl (C=O) groups is 4. The van der Waals surface area contributed by atoms with Gasteiger partial charge in [-0.15, -0.1) is 11.8 Å². The summed E-state index contributed by atoms with van der Waals surface area (Å²) >= 11 is 1.17. The van der Waals surface area contributed by atoms with Crippen molar-refractivity contribution in [3.05, 3.63) is 58.7 Å². The van der Waals surface area contributed by atoms with E-state index in [9.17, 15) is 32.1 Å². The number of piperidine rings is 1. The number of hydrogen-bond donors (Lipinski definition) is 2. The molecule has 9 nitrogen and oxygen atoms in total. The number of nitrogens with zero attached hydrogens (tertiary/aromatic N) is 1. The third-order valence-electron chi connectivity index (χ3n) is 5.61. The minimum Gasteiger partial charge on any atom is -0.295 e. The second kappa shape index (κ2) is 8.40. The van der Waals surface area contributed by atoms with Crippen molar-refractivity contribution in [3.8, 4) is 0 Å². The Morgan fingerprint density at radius 2 is 1.85 bits per heavy atom. The molecule has 4 amide bonds. The third-order valence-corrected chi connectivity index (χ3v) is 7.74. The molecular formula is C22H20N2O7S2. The molecule has 0 aliphatic carbocycles. The summed E-state index contributed by atoms with van der Waals surface area (Å²) < 4.78 is 33.3. The average Bonchev–Trinajstić information content (AvgIpc) is 2.98. The smallest absolute Gasteiger partial charge is 0.294 e. The maximum Gasteiger partial charge on any atom is 0.294 e. The predicted molar refractivity (Wildman–Crippen MR) is 118 cm³/mol. The van der Waals surface area contributed by atoms with E-state index in [1.807, 2.05) is 0 Å². The average molecular weight is 489 g/mol. The quantitative estimate of drug-likeness (QED) is 0.372. The lowest BCUT2D eigenvalue weighted by atomic mass is 10.0. The van der Waals surface area contributed by atoms with Crippen LogP contribution in [0.4, 0.5) is 0 Å². The summed E-state index contributed by atoms with van der Waals surface area (Å²) in [7, 11) is -4.47. The Kier molecular flexibility index (Phi) is 5.89. The predicted octanol–water partition coefficient (Wildman–Crippen LogP) is 2.50. The molecule has 2 aromatic carbocycles. The molecule has 1 saturated heterocycles. The molecule has 2 aromatic rings. The maximum absolute atomic E-state index is 13.2. The lowest BCUT2D eigenvalue weighted by Gasteiger charge is -2.27. The molecule has 2 aliphatic heterocycles. The summed E-state index contributed by atoms with van der Waals surface area (Å²) in [5.74, 6) is -2.40. The van der Waals surface area contributed by atoms with Crippen molar-refractivity contribution < 1.29 is 32.1 Å². The maximum atomic E-state index is 13.2. The molecule has 0 spiro atoms. The van der Waals surface area contributed by atoms with Crippen LogP contribution in [-0.4, -0.2) is 47.5 Å². The van der Waals surface area contributed by atoms with E-state index in [1.54, 1.807) is 38.1 Å². The van der Waals surface area contributed by atoms with Gasteiger partial charge in [-0.3, -0.25) is 33.9 Å². The van der Waals surface area contributed by atoms with Crippen LogP contribution >= 0.6 is 11.8 Å². The van der Waals surface area contributed by atoms with Crippen LogP contribution in [0, 0.1) is 6.92 Å². The van der Waals surface area contributed by atoms with Crippen LogP contribution in [0.15, 0.2) is 46.2 Å². The second-order valence-corrected chi connectivity index (χ2v) is 10.7. The van der Waals surface area contributed by atoms with Gasteiger partial charge in [0.2, 0.25) is 11.8 Å². The van der Waals surface area contributed by atoms with Crippen LogP contribution in [0.2, 0.25) is 0 Å². The monoisotopic (exact) mass is 488 g/mol. The van der Waals surface area contributed by atoms with E-state index < -0.39 is 45.0 Å². The van der Waals surface area contributed by atoms with Crippen molar-refractivity contribution >= 4 is 45.5 Å². The second-order valence-electron chi connectivity index (χ2n) is 7.90. The Morgan fingerprint density at radius 3 is 2.52 bits per heavy atom. The van der Waals surface area contributed by atoms with Crippen LogP contribution in [0.1, 0.15) is 56.9 Å². The van der Waals surface area contributed by atoms with E-state index in [0.29, 0.717) is 10.5 Å². The van der Waals surface area contributed by atoms with Crippen LogP contribution in [0.5, 0.6) is 0 Å². The number of fused-ring (bicyclic) bond motifs is 1. The number of hydrogen-bond acceptors (Lipinski definition) is 7. The topological polar surface area (TPSA) is 138 Å². The molecule has 11 heteroatoms. The zero-order chi connectivity index (χ0) is 24.1. The molecule has 0 saturated carbocycles. The first-order valence-corrected chi connectivity index (χ1v) is 12.4. The number of carbonyl (C=O) groups excluding carboxylic acids is 4. The minimum absolute atomic E-state index is 0.0220. The van der Waals surface area contributed by atoms with Crippen molar-refractivity contribution in [2.45, 2.75) is 47.8 Å². The summed E-state index contributed by atoms with van der Waals surface area (Å²) in [6, 6.07) is 8.21. The van der Waals surface area contributed by atoms with Crippen LogP contribution < -0.4 is 5.32 Å². The zero-order valence-corrected chi connectivity index (χ0v) is 19.3. The Labute approximate surface area is 194 Å². The van der Waals surface area contributed by atoms with E-state index in [-0.39, 0.29) is 28.9 Å². The number of thioether (sulfide) groups is 1. The number of nitrogens with one attached hydrogen (secondary N) is 1. The number of amides is 4. The molecule has 0 bridgehead atoms. The Morgan fingerprint density at radius 1 is 1.12 bits per heavy atom. The fraction of sp³-hybridized carbons (Fsp3) is 0.273. The molecule has 2 unspecified atom stereocenters. The molecule has 2 atom stereocenters. The lowest BCUT2D eigenvalue weighted by Crippen LogP contribution is -2.54. The molecule has 1 fully saturated rings. The van der Waals surface area contributed by atoms with Gasteiger partial charge in [0.1, 0.15) is 6.04 Å². The first-order chi connectivity index (χ1) is 15.5. The van der Waals surface area contributed by atoms with Crippen molar-refractivity contribution in [2.75, 3.05) is 0 Å². The largest absolute Gasteiger partial charge is 0.295 e. The first kappa shape index (κ1) is 23.1. The number of rotatable bonds is 5. The summed E-state index contributed by atoms with van der Waals surface area (Å²) in [5, 5.41) is 1.66. The van der Waals surface area contributed by atoms with Gasteiger partial charge in [0, 0.05) is 16.6 Å². The summed E-state index contributed by atoms with van der Waals surface area (Å²) in [4.78, 5) is 51.1. The third kappa shape index (κ3) is 4.19. The normalized spacial score (nSPS) is 19.5. The molecule has 4 rings (SSSR count). The van der Waals surface area contributed by atoms with Gasteiger partial charge in [-0.05, 0) is 44.0 Å². The summed E-state index contributed by atoms with van der Waals surface area (Å²) in [6.45, 7) is 3.52. The van der Waals surface area contributed by atoms with E-state index in [1.165, 1.54) is 23.9 Å². The molecular weight excluding hydrogens is 468 g/mol. The molecule has 0 radical (unpaired) electrons. The van der Waals surface area contributed by atoms with Gasteiger partial charge in [0.25, 0.3) is 21.9 Å². The van der Waals surface area contributed by atoms with Crippen LogP contribution in [-0.2, 0) is 19.7 Å². The van der Waals surface area contributed by atoms with Gasteiger partial charge in [0.15, 0.2) is 0 Å². The number of imide groups is 2. The van der Waals surface area contributed by atoms with E-state index in [0.717, 1.165) is 10.5 Å². The highest BCUT2D eigenvalue weighted by molar-refractivity contribution is 7.99. The van der Waals surface area contributed by atoms with Crippen LogP contribution in [0.3, 0.4) is 0 Å². The summed E-state index contributed by atoms with van der Waals surface area (Å²) in [5.41, 5.74) is 1.42. The molecule has 172 valence electrons. The fourth-order valence-corrected chi connectivity index (χ4v) is 6.08. The highest BCUT2D eigenvalue weighted by Crippen LogP contribution is 2.42. The van der Waals surface area contributed by atoms with Gasteiger partial charge < -0.3 is 0 Å². The van der Waals surface area contributed by atoms with Gasteiger partial charge in [0.05, 0.1) is 16.0 Å². The Hall–Kier alpha value is -3.02. The zero-order valence-electron chi connectivity index (χ0n) is 17.7. The SMILES string of the molecule is Cc1ccc(S(=O)(=O)O)c(C(C)Sc2cccc3c2C(=O)N(C2CCC(=O)NC2=O)C3=O)c1. The molecule has 0 aromatic heterocycles. The van der Waals surface area contributed by atoms with Gasteiger partial charge in [-0.2, -0.15) is 8.42 Å². The van der Waals surface area contributed by atoms with Crippen molar-refractivity contribution in [1.82, 2.24) is 10.2 Å². The molecule has 2 aliphatic rings. The van der Waals surface area contributed by atoms with Crippen molar-refractivity contribution in [3.63, 3.8) is 0 Å². The standard InChI is InChI=1S/C22H20N2O7S2/c1-11-6-8-17(33(29,30)31)14(10-11)12(2)32-16-5-3-4-13-19(16)22(28)24(21(13)27)15-7-9-18(25)23-20(15)26/h3-6,8,10,12,15H,7,9H2,1-2H3,(H,23,25,26)(H,29,30,31). The Bertz CT molecular complexity index is 1320. The highest BCUT2D eigenvalue weighted by atomic mass is 32.2. The molecule has 2 N–H and O–H groups in total. The van der Waals surface area contributed by atoms with Crippen molar-refractivity contribution in [2.24, 2.45) is 0 Å². The van der Waals surface area contributed by atoms with Crippen molar-refractivity contribution in [1.29, 1.82) is 0 Å². The molecule has 2 heterocycles. The van der Waals surface area contributed by atoms with Crippen LogP contribution in [0.25, 0.3) is 0 Å². The number of benzene rings is 2.